The fourth-order valence-electron chi connectivity index (χ4n) is 2.47. The molecule has 0 aliphatic heterocycles. The van der Waals surface area contributed by atoms with Gasteiger partial charge in [-0.15, -0.1) is 0 Å². The van der Waals surface area contributed by atoms with Crippen LogP contribution in [0.4, 0.5) is 5.69 Å². The van der Waals surface area contributed by atoms with Crippen molar-refractivity contribution in [2.75, 3.05) is 5.32 Å². The van der Waals surface area contributed by atoms with E-state index >= 15 is 0 Å². The van der Waals surface area contributed by atoms with Gasteiger partial charge in [0.15, 0.2) is 6.10 Å². The van der Waals surface area contributed by atoms with Crippen molar-refractivity contribution >= 4 is 23.2 Å². The molecule has 0 radical (unpaired) electrons. The van der Waals surface area contributed by atoms with E-state index in [1.807, 2.05) is 0 Å². The summed E-state index contributed by atoms with van der Waals surface area (Å²) < 4.78 is 5.62. The van der Waals surface area contributed by atoms with Crippen LogP contribution in [-0.2, 0) is 4.79 Å². The van der Waals surface area contributed by atoms with Gasteiger partial charge in [0.2, 0.25) is 0 Å². The second-order valence-electron chi connectivity index (χ2n) is 6.02. The van der Waals surface area contributed by atoms with E-state index in [2.05, 4.69) is 15.3 Å². The van der Waals surface area contributed by atoms with Crippen LogP contribution in [-0.4, -0.2) is 22.0 Å². The van der Waals surface area contributed by atoms with Gasteiger partial charge in [0.05, 0.1) is 0 Å². The number of hydrogen-bond acceptors (Lipinski definition) is 4. The van der Waals surface area contributed by atoms with E-state index in [1.54, 1.807) is 62.4 Å². The van der Waals surface area contributed by atoms with Crippen LogP contribution in [0.1, 0.15) is 12.6 Å². The van der Waals surface area contributed by atoms with Gasteiger partial charge in [0.1, 0.15) is 11.6 Å². The molecule has 1 atom stereocenters. The number of aromatic amines is 1. The molecule has 6 nitrogen and oxygen atoms in total. The molecule has 1 unspecified atom stereocenters. The van der Waals surface area contributed by atoms with Crippen molar-refractivity contribution in [3.63, 3.8) is 0 Å². The van der Waals surface area contributed by atoms with Crippen LogP contribution < -0.4 is 15.6 Å². The molecule has 7 heteroatoms. The van der Waals surface area contributed by atoms with Crippen molar-refractivity contribution in [2.45, 2.75) is 20.0 Å². The Balaban J connectivity index is 1.72. The molecule has 27 heavy (non-hydrogen) atoms. The Bertz CT molecular complexity index is 1020. The monoisotopic (exact) mass is 383 g/mol. The molecule has 0 fully saturated rings. The number of carbonyl (C=O) groups is 1. The molecule has 0 aliphatic rings. The summed E-state index contributed by atoms with van der Waals surface area (Å²) in [5, 5.41) is 3.40. The van der Waals surface area contributed by atoms with Crippen molar-refractivity contribution in [2.24, 2.45) is 0 Å². The lowest BCUT2D eigenvalue weighted by Gasteiger charge is -2.15. The highest BCUT2D eigenvalue weighted by Crippen LogP contribution is 2.20. The number of benzene rings is 2. The minimum atomic E-state index is -0.702. The number of hydrogen-bond donors (Lipinski definition) is 2. The van der Waals surface area contributed by atoms with Gasteiger partial charge in [-0.2, -0.15) is 0 Å². The first-order valence-electron chi connectivity index (χ1n) is 8.32. The lowest BCUT2D eigenvalue weighted by molar-refractivity contribution is -0.122. The Kier molecular flexibility index (Phi) is 5.57. The summed E-state index contributed by atoms with van der Waals surface area (Å²) >= 11 is 5.84. The number of amides is 1. The van der Waals surface area contributed by atoms with Crippen LogP contribution in [0.2, 0.25) is 5.02 Å². The molecule has 2 aromatic carbocycles. The third-order valence-electron chi connectivity index (χ3n) is 3.77. The van der Waals surface area contributed by atoms with Gasteiger partial charge in [0.25, 0.3) is 11.5 Å². The standard InChI is InChI=1S/C20H18ClN3O3/c1-12-10-18(25)24-19(22-12)14-4-3-5-16(11-14)23-20(26)13(2)27-17-8-6-15(21)7-9-17/h3-11,13H,1-2H3,(H,23,26)(H,22,24,25). The van der Waals surface area contributed by atoms with E-state index in [9.17, 15) is 9.59 Å². The number of rotatable bonds is 5. The number of halogens is 1. The Hall–Kier alpha value is -3.12. The number of aryl methyl sites for hydroxylation is 1. The summed E-state index contributed by atoms with van der Waals surface area (Å²) in [5.41, 5.74) is 1.66. The first-order chi connectivity index (χ1) is 12.9. The van der Waals surface area contributed by atoms with Crippen molar-refractivity contribution in [1.29, 1.82) is 0 Å². The average Bonchev–Trinajstić information content (AvgIpc) is 2.63. The van der Waals surface area contributed by atoms with Crippen molar-refractivity contribution in [3.05, 3.63) is 75.7 Å². The fourth-order valence-corrected chi connectivity index (χ4v) is 2.60. The van der Waals surface area contributed by atoms with Gasteiger partial charge in [-0.25, -0.2) is 4.98 Å². The number of aromatic nitrogens is 2. The highest BCUT2D eigenvalue weighted by molar-refractivity contribution is 6.30. The van der Waals surface area contributed by atoms with Gasteiger partial charge in [0, 0.05) is 28.0 Å². The lowest BCUT2D eigenvalue weighted by atomic mass is 10.1. The predicted molar refractivity (Wildman–Crippen MR) is 105 cm³/mol. The number of carbonyl (C=O) groups excluding carboxylic acids is 1. The second-order valence-corrected chi connectivity index (χ2v) is 6.46. The second kappa shape index (κ2) is 8.05. The minimum Gasteiger partial charge on any atom is -0.481 e. The molecule has 1 amide bonds. The molecule has 0 aliphatic carbocycles. The molecular weight excluding hydrogens is 366 g/mol. The number of anilines is 1. The summed E-state index contributed by atoms with van der Waals surface area (Å²) in [6.45, 7) is 3.41. The maximum Gasteiger partial charge on any atom is 0.265 e. The zero-order valence-electron chi connectivity index (χ0n) is 14.8. The molecule has 138 valence electrons. The Morgan fingerprint density at radius 2 is 1.93 bits per heavy atom. The summed E-state index contributed by atoms with van der Waals surface area (Å²) in [7, 11) is 0. The maximum atomic E-state index is 12.4. The minimum absolute atomic E-state index is 0.225. The zero-order valence-corrected chi connectivity index (χ0v) is 15.6. The smallest absolute Gasteiger partial charge is 0.265 e. The largest absolute Gasteiger partial charge is 0.481 e. The van der Waals surface area contributed by atoms with Crippen molar-refractivity contribution < 1.29 is 9.53 Å². The van der Waals surface area contributed by atoms with E-state index in [4.69, 9.17) is 16.3 Å². The van der Waals surface area contributed by atoms with E-state index in [0.29, 0.717) is 33.5 Å². The molecule has 0 saturated heterocycles. The first-order valence-corrected chi connectivity index (χ1v) is 8.70. The van der Waals surface area contributed by atoms with E-state index in [1.165, 1.54) is 6.07 Å². The third-order valence-corrected chi connectivity index (χ3v) is 4.02. The topological polar surface area (TPSA) is 84.1 Å². The molecule has 1 heterocycles. The summed E-state index contributed by atoms with van der Waals surface area (Å²) in [5.74, 6) is 0.701. The maximum absolute atomic E-state index is 12.4. The number of H-pyrrole nitrogens is 1. The molecule has 0 bridgehead atoms. The summed E-state index contributed by atoms with van der Waals surface area (Å²) in [6.07, 6.45) is -0.702. The molecular formula is C20H18ClN3O3. The quantitative estimate of drug-likeness (QED) is 0.701. The first kappa shape index (κ1) is 18.7. The van der Waals surface area contributed by atoms with Crippen LogP contribution in [0.5, 0.6) is 5.75 Å². The number of ether oxygens (including phenoxy) is 1. The average molecular weight is 384 g/mol. The van der Waals surface area contributed by atoms with E-state index in [0.717, 1.165) is 0 Å². The molecule has 2 N–H and O–H groups in total. The van der Waals surface area contributed by atoms with Gasteiger partial charge < -0.3 is 15.0 Å². The van der Waals surface area contributed by atoms with Crippen molar-refractivity contribution in [1.82, 2.24) is 9.97 Å². The summed E-state index contributed by atoms with van der Waals surface area (Å²) in [6, 6.07) is 15.3. The van der Waals surface area contributed by atoms with Gasteiger partial charge >= 0.3 is 0 Å². The third kappa shape index (κ3) is 4.95. The molecule has 3 rings (SSSR count). The Morgan fingerprint density at radius 3 is 2.63 bits per heavy atom. The Morgan fingerprint density at radius 1 is 1.19 bits per heavy atom. The highest BCUT2D eigenvalue weighted by atomic mass is 35.5. The summed E-state index contributed by atoms with van der Waals surface area (Å²) in [4.78, 5) is 31.1. The van der Waals surface area contributed by atoms with Gasteiger partial charge in [-0.3, -0.25) is 9.59 Å². The van der Waals surface area contributed by atoms with Crippen LogP contribution in [0.25, 0.3) is 11.4 Å². The zero-order chi connectivity index (χ0) is 19.4. The number of nitrogens with one attached hydrogen (secondary N) is 2. The highest BCUT2D eigenvalue weighted by Gasteiger charge is 2.15. The van der Waals surface area contributed by atoms with E-state index < -0.39 is 6.10 Å². The van der Waals surface area contributed by atoms with Gasteiger partial charge in [-0.05, 0) is 50.2 Å². The molecule has 0 spiro atoms. The molecule has 3 aromatic rings. The van der Waals surface area contributed by atoms with Gasteiger partial charge in [-0.1, -0.05) is 23.7 Å². The SMILES string of the molecule is Cc1cc(=O)[nH]c(-c2cccc(NC(=O)C(C)Oc3ccc(Cl)cc3)c2)n1. The van der Waals surface area contributed by atoms with Crippen LogP contribution >= 0.6 is 11.6 Å². The Labute approximate surface area is 161 Å². The molecule has 1 aromatic heterocycles. The van der Waals surface area contributed by atoms with Crippen molar-refractivity contribution in [3.8, 4) is 17.1 Å². The fraction of sp³-hybridized carbons (Fsp3) is 0.150. The lowest BCUT2D eigenvalue weighted by Crippen LogP contribution is -2.30. The molecule has 0 saturated carbocycles. The number of nitrogens with zero attached hydrogens (tertiary/aromatic N) is 1. The van der Waals surface area contributed by atoms with E-state index in [-0.39, 0.29) is 11.5 Å². The van der Waals surface area contributed by atoms with Crippen LogP contribution in [0.3, 0.4) is 0 Å². The van der Waals surface area contributed by atoms with Crippen LogP contribution in [0, 0.1) is 6.92 Å². The normalized spacial score (nSPS) is 11.7. The predicted octanol–water partition coefficient (Wildman–Crippen LogP) is 3.80. The van der Waals surface area contributed by atoms with Crippen LogP contribution in [0.15, 0.2) is 59.4 Å².